The zero-order valence-electron chi connectivity index (χ0n) is 10.0. The van der Waals surface area contributed by atoms with Crippen LogP contribution in [0.25, 0.3) is 0 Å². The summed E-state index contributed by atoms with van der Waals surface area (Å²) in [7, 11) is -3.66. The fourth-order valence-corrected chi connectivity index (χ4v) is 4.87. The molecule has 1 aromatic rings. The molecular weight excluding hydrogens is 292 g/mol. The van der Waals surface area contributed by atoms with Crippen molar-refractivity contribution in [3.8, 4) is 0 Å². The maximum absolute atomic E-state index is 12.3. The van der Waals surface area contributed by atoms with Crippen LogP contribution in [0.3, 0.4) is 0 Å². The van der Waals surface area contributed by atoms with E-state index < -0.39 is 14.9 Å². The van der Waals surface area contributed by atoms with E-state index in [1.54, 1.807) is 0 Å². The molecule has 1 aromatic heterocycles. The lowest BCUT2D eigenvalue weighted by molar-refractivity contribution is -0.383. The minimum absolute atomic E-state index is 0.0422. The van der Waals surface area contributed by atoms with Gasteiger partial charge in [-0.3, -0.25) is 10.1 Å². The SMILES string of the molecule is NNc1sc(S(=O)(=O)N2CCCCC2)cc1[N+](=O)[O-]. The highest BCUT2D eigenvalue weighted by molar-refractivity contribution is 7.91. The maximum atomic E-state index is 12.3. The summed E-state index contributed by atoms with van der Waals surface area (Å²) in [6, 6.07) is 1.06. The minimum atomic E-state index is -3.66. The number of hydrogen-bond acceptors (Lipinski definition) is 7. The Morgan fingerprint density at radius 1 is 1.37 bits per heavy atom. The average Bonchev–Trinajstić information content (AvgIpc) is 2.84. The van der Waals surface area contributed by atoms with E-state index >= 15 is 0 Å². The van der Waals surface area contributed by atoms with Crippen LogP contribution in [0.1, 0.15) is 19.3 Å². The number of piperidine rings is 1. The van der Waals surface area contributed by atoms with Gasteiger partial charge in [0.1, 0.15) is 4.21 Å². The third kappa shape index (κ3) is 2.71. The van der Waals surface area contributed by atoms with Crippen LogP contribution >= 0.6 is 11.3 Å². The Labute approximate surface area is 114 Å². The molecular formula is C9H14N4O4S2. The molecule has 3 N–H and O–H groups in total. The molecule has 0 atom stereocenters. The number of anilines is 1. The molecule has 106 valence electrons. The predicted molar refractivity (Wildman–Crippen MR) is 71.4 cm³/mol. The first kappa shape index (κ1) is 14.2. The molecule has 1 saturated heterocycles. The Morgan fingerprint density at radius 3 is 2.47 bits per heavy atom. The van der Waals surface area contributed by atoms with Gasteiger partial charge in [0.2, 0.25) is 0 Å². The summed E-state index contributed by atoms with van der Waals surface area (Å²) in [6.45, 7) is 0.916. The third-order valence-corrected chi connectivity index (χ3v) is 6.33. The summed E-state index contributed by atoms with van der Waals surface area (Å²) in [5.74, 6) is 5.17. The van der Waals surface area contributed by atoms with Crippen molar-refractivity contribution in [2.45, 2.75) is 23.5 Å². The third-order valence-electron chi connectivity index (χ3n) is 2.93. The number of nitrogens with zero attached hydrogens (tertiary/aromatic N) is 2. The molecule has 1 fully saturated rings. The summed E-state index contributed by atoms with van der Waals surface area (Å²) in [5.41, 5.74) is 1.85. The van der Waals surface area contributed by atoms with Gasteiger partial charge >= 0.3 is 5.69 Å². The van der Waals surface area contributed by atoms with Gasteiger partial charge in [-0.2, -0.15) is 4.31 Å². The summed E-state index contributed by atoms with van der Waals surface area (Å²) in [4.78, 5) is 10.2. The van der Waals surface area contributed by atoms with Crippen molar-refractivity contribution in [1.29, 1.82) is 0 Å². The number of rotatable bonds is 4. The lowest BCUT2D eigenvalue weighted by Gasteiger charge is -2.24. The first-order chi connectivity index (χ1) is 8.96. The average molecular weight is 306 g/mol. The lowest BCUT2D eigenvalue weighted by atomic mass is 10.2. The Balaban J connectivity index is 2.37. The zero-order chi connectivity index (χ0) is 14.0. The van der Waals surface area contributed by atoms with Crippen LogP contribution in [0.15, 0.2) is 10.3 Å². The Bertz CT molecular complexity index is 577. The summed E-state index contributed by atoms with van der Waals surface area (Å²) < 4.78 is 26.0. The van der Waals surface area contributed by atoms with Crippen LogP contribution in [0, 0.1) is 10.1 Å². The topological polar surface area (TPSA) is 119 Å². The molecule has 0 aliphatic carbocycles. The summed E-state index contributed by atoms with van der Waals surface area (Å²) in [6.07, 6.45) is 2.63. The Kier molecular flexibility index (Phi) is 4.04. The van der Waals surface area contributed by atoms with Gasteiger partial charge in [-0.05, 0) is 12.8 Å². The van der Waals surface area contributed by atoms with Crippen LogP contribution in [0.5, 0.6) is 0 Å². The van der Waals surface area contributed by atoms with Gasteiger partial charge in [-0.1, -0.05) is 17.8 Å². The number of nitrogens with one attached hydrogen (secondary N) is 1. The fourth-order valence-electron chi connectivity index (χ4n) is 1.96. The molecule has 1 aliphatic heterocycles. The molecule has 0 spiro atoms. The summed E-state index contributed by atoms with van der Waals surface area (Å²) in [5, 5.41) is 10.8. The van der Waals surface area contributed by atoms with Crippen molar-refractivity contribution in [2.24, 2.45) is 5.84 Å². The van der Waals surface area contributed by atoms with Crippen molar-refractivity contribution >= 4 is 32.0 Å². The second-order valence-corrected chi connectivity index (χ2v) is 7.36. The van der Waals surface area contributed by atoms with Crippen molar-refractivity contribution in [3.63, 3.8) is 0 Å². The van der Waals surface area contributed by atoms with Gasteiger partial charge in [-0.25, -0.2) is 14.3 Å². The van der Waals surface area contributed by atoms with E-state index in [1.807, 2.05) is 0 Å². The van der Waals surface area contributed by atoms with Crippen LogP contribution < -0.4 is 11.3 Å². The van der Waals surface area contributed by atoms with E-state index in [1.165, 1.54) is 4.31 Å². The Hall–Kier alpha value is -1.23. The quantitative estimate of drug-likeness (QED) is 0.489. The van der Waals surface area contributed by atoms with Crippen LogP contribution in [0.2, 0.25) is 0 Å². The van der Waals surface area contributed by atoms with Crippen molar-refractivity contribution in [2.75, 3.05) is 18.5 Å². The number of nitro groups is 1. The molecule has 0 unspecified atom stereocenters. The van der Waals surface area contributed by atoms with E-state index in [-0.39, 0.29) is 14.9 Å². The van der Waals surface area contributed by atoms with Crippen LogP contribution in [0.4, 0.5) is 10.7 Å². The molecule has 2 rings (SSSR count). The van der Waals surface area contributed by atoms with E-state index in [0.717, 1.165) is 36.7 Å². The molecule has 0 amide bonds. The number of hydrogen-bond donors (Lipinski definition) is 2. The van der Waals surface area contributed by atoms with E-state index in [0.29, 0.717) is 13.1 Å². The van der Waals surface area contributed by atoms with Gasteiger partial charge in [0.15, 0.2) is 5.00 Å². The second kappa shape index (κ2) is 5.41. The molecule has 19 heavy (non-hydrogen) atoms. The summed E-state index contributed by atoms with van der Waals surface area (Å²) >= 11 is 0.781. The van der Waals surface area contributed by atoms with Crippen LogP contribution in [-0.4, -0.2) is 30.7 Å². The largest absolute Gasteiger partial charge is 0.310 e. The molecule has 0 bridgehead atoms. The number of thiophene rings is 1. The first-order valence-electron chi connectivity index (χ1n) is 5.72. The molecule has 1 aliphatic rings. The molecule has 0 radical (unpaired) electrons. The smallest absolute Gasteiger partial charge is 0.306 e. The zero-order valence-corrected chi connectivity index (χ0v) is 11.7. The number of hydrazine groups is 1. The van der Waals surface area contributed by atoms with Crippen molar-refractivity contribution < 1.29 is 13.3 Å². The highest BCUT2D eigenvalue weighted by Gasteiger charge is 2.31. The standard InChI is InChI=1S/C9H14N4O4S2/c10-11-9-7(13(14)15)6-8(18-9)19(16,17)12-4-2-1-3-5-12/h6,11H,1-5,10H2. The fraction of sp³-hybridized carbons (Fsp3) is 0.556. The van der Waals surface area contributed by atoms with E-state index in [9.17, 15) is 18.5 Å². The van der Waals surface area contributed by atoms with Gasteiger partial charge in [0, 0.05) is 19.2 Å². The van der Waals surface area contributed by atoms with E-state index in [2.05, 4.69) is 5.43 Å². The Morgan fingerprint density at radius 2 is 2.00 bits per heavy atom. The monoisotopic (exact) mass is 306 g/mol. The van der Waals surface area contributed by atoms with E-state index in [4.69, 9.17) is 5.84 Å². The molecule has 0 saturated carbocycles. The molecule has 0 aromatic carbocycles. The van der Waals surface area contributed by atoms with Crippen molar-refractivity contribution in [1.82, 2.24) is 4.31 Å². The molecule has 8 nitrogen and oxygen atoms in total. The highest BCUT2D eigenvalue weighted by atomic mass is 32.2. The predicted octanol–water partition coefficient (Wildman–Crippen LogP) is 1.12. The number of sulfonamides is 1. The minimum Gasteiger partial charge on any atom is -0.310 e. The van der Waals surface area contributed by atoms with Crippen LogP contribution in [-0.2, 0) is 10.0 Å². The lowest BCUT2D eigenvalue weighted by Crippen LogP contribution is -2.35. The van der Waals surface area contributed by atoms with Crippen molar-refractivity contribution in [3.05, 3.63) is 16.2 Å². The highest BCUT2D eigenvalue weighted by Crippen LogP contribution is 2.37. The maximum Gasteiger partial charge on any atom is 0.306 e. The second-order valence-electron chi connectivity index (χ2n) is 4.15. The first-order valence-corrected chi connectivity index (χ1v) is 7.97. The molecule has 10 heteroatoms. The number of nitrogens with two attached hydrogens (primary N) is 1. The van der Waals surface area contributed by atoms with Gasteiger partial charge in [0.05, 0.1) is 4.92 Å². The molecule has 2 heterocycles. The van der Waals surface area contributed by atoms with Gasteiger partial charge in [-0.15, -0.1) is 0 Å². The normalized spacial score (nSPS) is 17.3. The van der Waals surface area contributed by atoms with Gasteiger partial charge in [0.25, 0.3) is 10.0 Å². The van der Waals surface area contributed by atoms with Gasteiger partial charge < -0.3 is 5.43 Å². The number of nitrogen functional groups attached to an aromatic ring is 1.